The van der Waals surface area contributed by atoms with Crippen LogP contribution in [0.3, 0.4) is 0 Å². The molecule has 0 atom stereocenters. The van der Waals surface area contributed by atoms with Crippen molar-refractivity contribution in [3.05, 3.63) is 9.93 Å². The molecule has 0 heterocycles. The van der Waals surface area contributed by atoms with E-state index in [1.165, 1.54) is 0 Å². The third kappa shape index (κ3) is 10.6. The SMILES string of the molecule is O=O.[In].[Mg]. The Bertz CT molecular complexity index is 6.00. The van der Waals surface area contributed by atoms with Gasteiger partial charge in [-0.2, -0.15) is 0 Å². The number of hydrogen-bond acceptors (Lipinski definition) is 2. The summed E-state index contributed by atoms with van der Waals surface area (Å²) in [6, 6.07) is 0. The molecule has 0 aliphatic rings. The van der Waals surface area contributed by atoms with Crippen LogP contribution in [0.15, 0.2) is 0 Å². The van der Waals surface area contributed by atoms with Crippen LogP contribution in [-0.4, -0.2) is 48.9 Å². The summed E-state index contributed by atoms with van der Waals surface area (Å²) in [4.78, 5) is 14.0. The van der Waals surface area contributed by atoms with E-state index >= 15 is 0 Å². The molecule has 0 rings (SSSR count). The first-order valence-corrected chi connectivity index (χ1v) is 0.167. The summed E-state index contributed by atoms with van der Waals surface area (Å²) in [5.74, 6) is 0. The van der Waals surface area contributed by atoms with Gasteiger partial charge in [0, 0.05) is 58.8 Å². The topological polar surface area (TPSA) is 34.1 Å². The molecule has 0 saturated heterocycles. The van der Waals surface area contributed by atoms with E-state index in [4.69, 9.17) is 9.93 Å². The molecule has 2 nitrogen and oxygen atoms in total. The molecule has 0 N–H and O–H groups in total. The standard InChI is InChI=1S/In.Mg.O2/c;;1-2. The average Bonchev–Trinajstić information content (AvgIpc) is 1.00. The van der Waals surface area contributed by atoms with Crippen molar-refractivity contribution in [1.82, 2.24) is 0 Å². The Kier molecular flexibility index (Phi) is 136. The van der Waals surface area contributed by atoms with Crippen molar-refractivity contribution in [2.75, 3.05) is 0 Å². The second kappa shape index (κ2) is 29.0. The largest absolute Gasteiger partial charge is 0 e. The Hall–Kier alpha value is 1.24. The van der Waals surface area contributed by atoms with Gasteiger partial charge in [-0.1, -0.05) is 0 Å². The molecule has 0 spiro atoms. The summed E-state index contributed by atoms with van der Waals surface area (Å²) in [5, 5.41) is 0. The summed E-state index contributed by atoms with van der Waals surface area (Å²) in [6.45, 7) is 0. The van der Waals surface area contributed by atoms with E-state index in [0.717, 1.165) is 0 Å². The molecular formula is InMgO2. The summed E-state index contributed by atoms with van der Waals surface area (Å²) >= 11 is 0. The van der Waals surface area contributed by atoms with Gasteiger partial charge in [-0.3, -0.25) is 0 Å². The molecule has 0 aliphatic heterocycles. The Morgan fingerprint density at radius 2 is 1.00 bits per heavy atom. The van der Waals surface area contributed by atoms with E-state index in [1.807, 2.05) is 0 Å². The molecule has 0 aromatic heterocycles. The van der Waals surface area contributed by atoms with Crippen LogP contribution in [-0.2, 0) is 0 Å². The number of hydrogen-bond donors (Lipinski definition) is 0. The zero-order valence-electron chi connectivity index (χ0n) is 2.10. The van der Waals surface area contributed by atoms with E-state index in [2.05, 4.69) is 0 Å². The molecule has 17 valence electrons. The van der Waals surface area contributed by atoms with Gasteiger partial charge in [0.25, 0.3) is 0 Å². The van der Waals surface area contributed by atoms with Crippen LogP contribution < -0.4 is 0 Å². The van der Waals surface area contributed by atoms with Gasteiger partial charge in [-0.25, -0.2) is 0 Å². The van der Waals surface area contributed by atoms with Gasteiger partial charge in [0.2, 0.25) is 0 Å². The van der Waals surface area contributed by atoms with Gasteiger partial charge in [0.05, 0.1) is 0 Å². The van der Waals surface area contributed by atoms with Gasteiger partial charge in [-0.15, -0.1) is 0 Å². The van der Waals surface area contributed by atoms with Crippen LogP contribution in [0.5, 0.6) is 0 Å². The minimum Gasteiger partial charge on any atom is 0 e. The molecule has 0 aromatic carbocycles. The first-order chi connectivity index (χ1) is 1.00. The predicted octanol–water partition coefficient (Wildman–Crippen LogP) is -0.695. The van der Waals surface area contributed by atoms with Gasteiger partial charge in [0.1, 0.15) is 0 Å². The van der Waals surface area contributed by atoms with Crippen LogP contribution in [0.2, 0.25) is 0 Å². The van der Waals surface area contributed by atoms with Crippen molar-refractivity contribution in [3.8, 4) is 0 Å². The molecule has 0 unspecified atom stereocenters. The maximum atomic E-state index is 7.00. The fourth-order valence-corrected chi connectivity index (χ4v) is 0. The molecule has 0 aromatic rings. The van der Waals surface area contributed by atoms with Gasteiger partial charge in [0.15, 0.2) is 0 Å². The maximum Gasteiger partial charge on any atom is 0 e. The van der Waals surface area contributed by atoms with Gasteiger partial charge in [-0.05, 0) is 0 Å². The smallest absolute Gasteiger partial charge is 0 e. The van der Waals surface area contributed by atoms with E-state index in [0.29, 0.717) is 0 Å². The van der Waals surface area contributed by atoms with Crippen molar-refractivity contribution in [2.45, 2.75) is 0 Å². The molecule has 0 aliphatic carbocycles. The summed E-state index contributed by atoms with van der Waals surface area (Å²) in [6.07, 6.45) is 0. The van der Waals surface area contributed by atoms with Crippen molar-refractivity contribution >= 4 is 48.9 Å². The Balaban J connectivity index is -0.00000000500. The number of rotatable bonds is 0. The predicted molar refractivity (Wildman–Crippen MR) is 18.2 cm³/mol. The minimum absolute atomic E-state index is 0. The minimum atomic E-state index is 0. The molecular weight excluding hydrogens is 171 g/mol. The van der Waals surface area contributed by atoms with E-state index in [1.54, 1.807) is 0 Å². The molecule has 0 saturated carbocycles. The second-order valence-corrected chi connectivity index (χ2v) is 0. The summed E-state index contributed by atoms with van der Waals surface area (Å²) in [5.41, 5.74) is 0. The zero-order chi connectivity index (χ0) is 2.00. The molecule has 4 heavy (non-hydrogen) atoms. The van der Waals surface area contributed by atoms with Crippen LogP contribution in [0.25, 0.3) is 0 Å². The van der Waals surface area contributed by atoms with Crippen LogP contribution in [0.1, 0.15) is 0 Å². The van der Waals surface area contributed by atoms with Crippen LogP contribution >= 0.6 is 0 Å². The first kappa shape index (κ1) is 18.8. The van der Waals surface area contributed by atoms with Crippen LogP contribution in [0.4, 0.5) is 0 Å². The molecule has 0 fully saturated rings. The summed E-state index contributed by atoms with van der Waals surface area (Å²) < 4.78 is 0. The van der Waals surface area contributed by atoms with E-state index < -0.39 is 0 Å². The van der Waals surface area contributed by atoms with Crippen LogP contribution in [0, 0.1) is 9.93 Å². The fraction of sp³-hybridized carbons (Fsp3) is 0. The van der Waals surface area contributed by atoms with Gasteiger partial charge >= 0.3 is 0 Å². The van der Waals surface area contributed by atoms with Crippen molar-refractivity contribution in [3.63, 3.8) is 0 Å². The Labute approximate surface area is 58.5 Å². The molecule has 5 radical (unpaired) electrons. The fourth-order valence-electron chi connectivity index (χ4n) is 0. The van der Waals surface area contributed by atoms with E-state index in [-0.39, 0.29) is 48.9 Å². The molecule has 4 heteroatoms. The normalized spacial score (nSPS) is 1.00. The third-order valence-electron chi connectivity index (χ3n) is 0. The maximum absolute atomic E-state index is 7.00. The Morgan fingerprint density at radius 1 is 1.00 bits per heavy atom. The molecule has 0 bridgehead atoms. The summed E-state index contributed by atoms with van der Waals surface area (Å²) in [7, 11) is 0. The van der Waals surface area contributed by atoms with Crippen molar-refractivity contribution in [2.24, 2.45) is 0 Å². The third-order valence-corrected chi connectivity index (χ3v) is 0. The quantitative estimate of drug-likeness (QED) is 0.452. The molecule has 0 amide bonds. The zero-order valence-corrected chi connectivity index (χ0v) is 6.81. The van der Waals surface area contributed by atoms with E-state index in [9.17, 15) is 0 Å². The van der Waals surface area contributed by atoms with Crippen molar-refractivity contribution < 1.29 is 0 Å². The monoisotopic (exact) mass is 171 g/mol. The van der Waals surface area contributed by atoms with Gasteiger partial charge < -0.3 is 0 Å². The average molecular weight is 171 g/mol. The second-order valence-electron chi connectivity index (χ2n) is 0. The first-order valence-electron chi connectivity index (χ1n) is 0.167. The Morgan fingerprint density at radius 3 is 1.00 bits per heavy atom. The van der Waals surface area contributed by atoms with Crippen molar-refractivity contribution in [1.29, 1.82) is 0 Å².